The van der Waals surface area contributed by atoms with Gasteiger partial charge in [0.1, 0.15) is 30.5 Å². The molecular formula is C46H83NO9. The molecule has 0 spiro atoms. The van der Waals surface area contributed by atoms with Crippen LogP contribution >= 0.6 is 0 Å². The van der Waals surface area contributed by atoms with E-state index in [2.05, 4.69) is 55.6 Å². The Balaban J connectivity index is 2.38. The average molecular weight is 794 g/mol. The van der Waals surface area contributed by atoms with Gasteiger partial charge in [0.15, 0.2) is 6.29 Å². The zero-order chi connectivity index (χ0) is 41.1. The molecule has 7 N–H and O–H groups in total. The molecule has 0 aromatic heterocycles. The maximum Gasteiger partial charge on any atom is 0.249 e. The highest BCUT2D eigenvalue weighted by Crippen LogP contribution is 2.22. The van der Waals surface area contributed by atoms with Crippen LogP contribution in [0.4, 0.5) is 0 Å². The lowest BCUT2D eigenvalue weighted by Crippen LogP contribution is -2.60. The zero-order valence-electron chi connectivity index (χ0n) is 35.2. The predicted molar refractivity (Wildman–Crippen MR) is 227 cm³/mol. The second-order valence-electron chi connectivity index (χ2n) is 15.6. The molecule has 1 saturated heterocycles. The summed E-state index contributed by atoms with van der Waals surface area (Å²) in [6.45, 7) is 3.45. The molecule has 56 heavy (non-hydrogen) atoms. The van der Waals surface area contributed by atoms with Crippen LogP contribution in [0.5, 0.6) is 0 Å². The van der Waals surface area contributed by atoms with Crippen molar-refractivity contribution < 1.29 is 44.9 Å². The number of hydrogen-bond donors (Lipinski definition) is 7. The van der Waals surface area contributed by atoms with Crippen molar-refractivity contribution in [3.05, 3.63) is 48.6 Å². The average Bonchev–Trinajstić information content (AvgIpc) is 3.20. The number of aliphatic hydroxyl groups is 6. The summed E-state index contributed by atoms with van der Waals surface area (Å²) in [5.74, 6) is -0.631. The van der Waals surface area contributed by atoms with E-state index in [0.717, 1.165) is 44.9 Å². The van der Waals surface area contributed by atoms with Crippen LogP contribution in [0.3, 0.4) is 0 Å². The first-order valence-electron chi connectivity index (χ1n) is 22.5. The molecule has 0 bridgehead atoms. The van der Waals surface area contributed by atoms with E-state index in [0.29, 0.717) is 19.3 Å². The Morgan fingerprint density at radius 3 is 1.75 bits per heavy atom. The topological polar surface area (TPSA) is 169 Å². The van der Waals surface area contributed by atoms with Gasteiger partial charge in [0.2, 0.25) is 5.91 Å². The monoisotopic (exact) mass is 794 g/mol. The third-order valence-corrected chi connectivity index (χ3v) is 10.5. The van der Waals surface area contributed by atoms with Crippen LogP contribution in [0.2, 0.25) is 0 Å². The van der Waals surface area contributed by atoms with Crippen LogP contribution in [0.15, 0.2) is 48.6 Å². The van der Waals surface area contributed by atoms with E-state index in [1.165, 1.54) is 96.3 Å². The highest BCUT2D eigenvalue weighted by molar-refractivity contribution is 5.80. The Labute approximate surface area is 340 Å². The molecule has 8 atom stereocenters. The fraction of sp³-hybridized carbons (Fsp3) is 0.804. The van der Waals surface area contributed by atoms with Crippen molar-refractivity contribution in [2.45, 2.75) is 223 Å². The summed E-state index contributed by atoms with van der Waals surface area (Å²) >= 11 is 0. The first-order valence-corrected chi connectivity index (χ1v) is 22.5. The lowest BCUT2D eigenvalue weighted by Gasteiger charge is -2.40. The highest BCUT2D eigenvalue weighted by Gasteiger charge is 2.44. The van der Waals surface area contributed by atoms with E-state index in [1.807, 2.05) is 6.08 Å². The molecule has 0 radical (unpaired) electrons. The molecule has 1 heterocycles. The number of amides is 1. The number of rotatable bonds is 36. The summed E-state index contributed by atoms with van der Waals surface area (Å²) in [7, 11) is 0. The summed E-state index contributed by atoms with van der Waals surface area (Å²) in [6, 6.07) is -0.996. The maximum absolute atomic E-state index is 13.0. The Morgan fingerprint density at radius 1 is 0.643 bits per heavy atom. The van der Waals surface area contributed by atoms with Gasteiger partial charge >= 0.3 is 0 Å². The van der Waals surface area contributed by atoms with Crippen molar-refractivity contribution in [1.29, 1.82) is 0 Å². The molecule has 1 rings (SSSR count). The second-order valence-corrected chi connectivity index (χ2v) is 15.6. The van der Waals surface area contributed by atoms with Crippen LogP contribution in [0.1, 0.15) is 174 Å². The van der Waals surface area contributed by atoms with E-state index in [1.54, 1.807) is 6.08 Å². The lowest BCUT2D eigenvalue weighted by molar-refractivity contribution is -0.302. The molecule has 326 valence electrons. The number of carbonyl (C=O) groups is 1. The van der Waals surface area contributed by atoms with Gasteiger partial charge in [-0.05, 0) is 57.8 Å². The quantitative estimate of drug-likeness (QED) is 0.0245. The van der Waals surface area contributed by atoms with Crippen LogP contribution in [0.25, 0.3) is 0 Å². The van der Waals surface area contributed by atoms with Crippen molar-refractivity contribution in [2.75, 3.05) is 13.2 Å². The molecule has 8 unspecified atom stereocenters. The van der Waals surface area contributed by atoms with Crippen molar-refractivity contribution in [3.8, 4) is 0 Å². The summed E-state index contributed by atoms with van der Waals surface area (Å²) in [4.78, 5) is 13.0. The Bertz CT molecular complexity index is 1030. The van der Waals surface area contributed by atoms with Crippen molar-refractivity contribution in [1.82, 2.24) is 5.32 Å². The molecule has 0 aromatic carbocycles. The zero-order valence-corrected chi connectivity index (χ0v) is 35.2. The molecule has 0 aromatic rings. The highest BCUT2D eigenvalue weighted by atomic mass is 16.7. The number of nitrogens with one attached hydrogen (secondary N) is 1. The normalized spacial score (nSPS) is 22.2. The summed E-state index contributed by atoms with van der Waals surface area (Å²) < 4.78 is 11.1. The fourth-order valence-electron chi connectivity index (χ4n) is 6.80. The van der Waals surface area contributed by atoms with Crippen molar-refractivity contribution >= 4 is 5.91 Å². The minimum atomic E-state index is -1.61. The summed E-state index contributed by atoms with van der Waals surface area (Å²) in [6.07, 6.45) is 34.9. The third-order valence-electron chi connectivity index (χ3n) is 10.5. The van der Waals surface area contributed by atoms with Crippen LogP contribution in [-0.4, -0.2) is 98.7 Å². The second kappa shape index (κ2) is 36.2. The van der Waals surface area contributed by atoms with Crippen LogP contribution in [-0.2, 0) is 14.3 Å². The fourth-order valence-corrected chi connectivity index (χ4v) is 6.80. The molecule has 1 aliphatic rings. The van der Waals surface area contributed by atoms with Crippen LogP contribution in [0, 0.1) is 0 Å². The lowest BCUT2D eigenvalue weighted by atomic mass is 9.99. The van der Waals surface area contributed by atoms with Crippen molar-refractivity contribution in [3.63, 3.8) is 0 Å². The van der Waals surface area contributed by atoms with Gasteiger partial charge in [0, 0.05) is 0 Å². The van der Waals surface area contributed by atoms with Gasteiger partial charge < -0.3 is 45.4 Å². The van der Waals surface area contributed by atoms with E-state index >= 15 is 0 Å². The Hall–Kier alpha value is -1.89. The third kappa shape index (κ3) is 26.2. The molecule has 0 saturated carbocycles. The summed E-state index contributed by atoms with van der Waals surface area (Å²) in [5, 5.41) is 64.5. The molecule has 1 aliphatic heterocycles. The number of hydrogen-bond acceptors (Lipinski definition) is 9. The molecular weight excluding hydrogens is 711 g/mol. The number of allylic oxidation sites excluding steroid dienone is 7. The van der Waals surface area contributed by atoms with Crippen LogP contribution < -0.4 is 5.32 Å². The number of aliphatic hydroxyl groups excluding tert-OH is 6. The van der Waals surface area contributed by atoms with Gasteiger partial charge in [-0.15, -0.1) is 0 Å². The first-order chi connectivity index (χ1) is 27.3. The number of unbranched alkanes of at least 4 members (excludes halogenated alkanes) is 19. The molecule has 1 fully saturated rings. The minimum absolute atomic E-state index is 0.301. The molecule has 0 aliphatic carbocycles. The maximum atomic E-state index is 13.0. The van der Waals surface area contributed by atoms with Gasteiger partial charge in [0.25, 0.3) is 0 Å². The van der Waals surface area contributed by atoms with Gasteiger partial charge in [-0.25, -0.2) is 0 Å². The molecule has 10 nitrogen and oxygen atoms in total. The van der Waals surface area contributed by atoms with E-state index in [9.17, 15) is 35.4 Å². The first kappa shape index (κ1) is 52.1. The number of carbonyl (C=O) groups excluding carboxylic acids is 1. The smallest absolute Gasteiger partial charge is 0.249 e. The Kier molecular flexibility index (Phi) is 33.7. The van der Waals surface area contributed by atoms with E-state index in [4.69, 9.17) is 9.47 Å². The standard InChI is InChI=1S/C46H83NO9/c1-3-5-7-9-11-13-15-16-17-18-19-20-21-22-23-25-27-29-31-33-35-40(50)45(54)47-38(37-55-46-44(53)43(52)42(51)41(36-48)56-46)39(49)34-32-30-28-26-24-14-12-10-8-6-4-2/h5,7,11,13,24,26,32,34,38-44,46,48-53H,3-4,6,8-10,12,14-23,25,27-31,33,35-37H2,1-2H3,(H,47,54)/b7-5-,13-11-,26-24+,34-32+. The van der Waals surface area contributed by atoms with Gasteiger partial charge in [-0.2, -0.15) is 0 Å². The largest absolute Gasteiger partial charge is 0.394 e. The SMILES string of the molecule is CC/C=C\C/C=C\CCCCCCCCCCCCCCCC(O)C(=O)NC(COC1OC(CO)C(O)C(O)C1O)C(O)/C=C/CC/C=C/CCCCCCC. The van der Waals surface area contributed by atoms with E-state index in [-0.39, 0.29) is 6.61 Å². The summed E-state index contributed by atoms with van der Waals surface area (Å²) in [5.41, 5.74) is 0. The van der Waals surface area contributed by atoms with Gasteiger partial charge in [0.05, 0.1) is 25.4 Å². The van der Waals surface area contributed by atoms with E-state index < -0.39 is 61.5 Å². The van der Waals surface area contributed by atoms with Gasteiger partial charge in [-0.1, -0.05) is 165 Å². The Morgan fingerprint density at radius 2 is 1.16 bits per heavy atom. The minimum Gasteiger partial charge on any atom is -0.394 e. The molecule has 10 heteroatoms. The number of ether oxygens (including phenoxy) is 2. The molecule has 1 amide bonds. The van der Waals surface area contributed by atoms with Crippen molar-refractivity contribution in [2.24, 2.45) is 0 Å². The predicted octanol–water partition coefficient (Wildman–Crippen LogP) is 8.03. The van der Waals surface area contributed by atoms with Gasteiger partial charge in [-0.3, -0.25) is 4.79 Å².